The summed E-state index contributed by atoms with van der Waals surface area (Å²) in [5, 5.41) is 10.9. The fraction of sp³-hybridized carbons (Fsp3) is 0.471. The number of aliphatic hydroxyl groups is 1. The summed E-state index contributed by atoms with van der Waals surface area (Å²) in [5.41, 5.74) is 4.74. The van der Waals surface area contributed by atoms with Gasteiger partial charge in [0.2, 0.25) is 0 Å². The van der Waals surface area contributed by atoms with Crippen molar-refractivity contribution in [1.29, 1.82) is 0 Å². The van der Waals surface area contributed by atoms with E-state index < -0.39 is 5.60 Å². The van der Waals surface area contributed by atoms with Crippen molar-refractivity contribution < 1.29 is 5.11 Å². The van der Waals surface area contributed by atoms with Crippen LogP contribution >= 0.6 is 0 Å². The molecule has 1 N–H and O–H groups in total. The van der Waals surface area contributed by atoms with Gasteiger partial charge in [0.05, 0.1) is 5.60 Å². The van der Waals surface area contributed by atoms with Crippen LogP contribution in [0, 0.1) is 0 Å². The van der Waals surface area contributed by atoms with E-state index in [-0.39, 0.29) is 0 Å². The van der Waals surface area contributed by atoms with E-state index in [1.807, 2.05) is 24.3 Å². The summed E-state index contributed by atoms with van der Waals surface area (Å²) in [6.07, 6.45) is 8.16. The van der Waals surface area contributed by atoms with Crippen LogP contribution in [0.25, 0.3) is 5.57 Å². The Morgan fingerprint density at radius 3 is 2.50 bits per heavy atom. The molecular formula is C17H22O. The summed E-state index contributed by atoms with van der Waals surface area (Å²) in [5.74, 6) is 0. The summed E-state index contributed by atoms with van der Waals surface area (Å²) >= 11 is 0. The SMILES string of the molecule is CCC=C=C(c1ccccc1)C1(O)CCCCC1. The van der Waals surface area contributed by atoms with Gasteiger partial charge < -0.3 is 5.11 Å². The number of hydrogen-bond acceptors (Lipinski definition) is 1. The lowest BCUT2D eigenvalue weighted by molar-refractivity contribution is 0.0615. The van der Waals surface area contributed by atoms with Crippen LogP contribution in [0.3, 0.4) is 0 Å². The van der Waals surface area contributed by atoms with Crippen LogP contribution in [0.5, 0.6) is 0 Å². The molecule has 0 amide bonds. The zero-order chi connectivity index (χ0) is 12.8. The van der Waals surface area contributed by atoms with Crippen LogP contribution in [-0.4, -0.2) is 10.7 Å². The molecule has 0 bridgehead atoms. The Morgan fingerprint density at radius 2 is 1.89 bits per heavy atom. The van der Waals surface area contributed by atoms with Crippen molar-refractivity contribution in [1.82, 2.24) is 0 Å². The molecule has 1 aromatic carbocycles. The Bertz CT molecular complexity index is 432. The van der Waals surface area contributed by atoms with Gasteiger partial charge in [-0.05, 0) is 30.9 Å². The molecule has 1 heteroatoms. The highest BCUT2D eigenvalue weighted by Gasteiger charge is 2.33. The first-order valence-electron chi connectivity index (χ1n) is 7.00. The van der Waals surface area contributed by atoms with E-state index in [1.165, 1.54) is 6.42 Å². The van der Waals surface area contributed by atoms with Crippen LogP contribution in [-0.2, 0) is 0 Å². The second-order valence-electron chi connectivity index (χ2n) is 5.09. The fourth-order valence-electron chi connectivity index (χ4n) is 2.68. The Morgan fingerprint density at radius 1 is 1.22 bits per heavy atom. The minimum Gasteiger partial charge on any atom is -0.385 e. The van der Waals surface area contributed by atoms with Gasteiger partial charge >= 0.3 is 0 Å². The predicted molar refractivity (Wildman–Crippen MR) is 76.3 cm³/mol. The van der Waals surface area contributed by atoms with Crippen molar-refractivity contribution in [3.8, 4) is 0 Å². The number of hydrogen-bond donors (Lipinski definition) is 1. The quantitative estimate of drug-likeness (QED) is 0.782. The van der Waals surface area contributed by atoms with E-state index in [2.05, 4.69) is 24.8 Å². The average Bonchev–Trinajstić information content (AvgIpc) is 2.41. The molecule has 0 heterocycles. The Hall–Kier alpha value is -1.30. The van der Waals surface area contributed by atoms with Gasteiger partial charge in [0.1, 0.15) is 0 Å². The van der Waals surface area contributed by atoms with Gasteiger partial charge in [-0.25, -0.2) is 0 Å². The van der Waals surface area contributed by atoms with Gasteiger partial charge in [-0.3, -0.25) is 0 Å². The number of benzene rings is 1. The molecule has 0 unspecified atom stereocenters. The molecule has 96 valence electrons. The summed E-state index contributed by atoms with van der Waals surface area (Å²) in [7, 11) is 0. The fourth-order valence-corrected chi connectivity index (χ4v) is 2.68. The maximum atomic E-state index is 10.9. The van der Waals surface area contributed by atoms with Gasteiger partial charge in [-0.2, -0.15) is 0 Å². The van der Waals surface area contributed by atoms with Crippen molar-refractivity contribution >= 4 is 5.57 Å². The Labute approximate surface area is 110 Å². The van der Waals surface area contributed by atoms with Crippen molar-refractivity contribution in [2.75, 3.05) is 0 Å². The first-order valence-corrected chi connectivity index (χ1v) is 7.00. The van der Waals surface area contributed by atoms with Gasteiger partial charge in [-0.1, -0.05) is 56.5 Å². The van der Waals surface area contributed by atoms with E-state index in [0.29, 0.717) is 0 Å². The smallest absolute Gasteiger partial charge is 0.0973 e. The first kappa shape index (κ1) is 13.1. The summed E-state index contributed by atoms with van der Waals surface area (Å²) in [6, 6.07) is 10.2. The normalized spacial score (nSPS) is 17.9. The molecule has 2 rings (SSSR count). The van der Waals surface area contributed by atoms with Gasteiger partial charge in [0.25, 0.3) is 0 Å². The molecule has 0 saturated heterocycles. The summed E-state index contributed by atoms with van der Waals surface area (Å²) < 4.78 is 0. The van der Waals surface area contributed by atoms with E-state index in [4.69, 9.17) is 0 Å². The molecule has 1 aromatic rings. The third-order valence-electron chi connectivity index (χ3n) is 3.66. The highest BCUT2D eigenvalue weighted by atomic mass is 16.3. The first-order chi connectivity index (χ1) is 8.76. The van der Waals surface area contributed by atoms with E-state index >= 15 is 0 Å². The molecule has 0 radical (unpaired) electrons. The molecule has 0 aliphatic heterocycles. The lowest BCUT2D eigenvalue weighted by atomic mass is 9.77. The number of rotatable bonds is 3. The highest BCUT2D eigenvalue weighted by molar-refractivity contribution is 5.71. The zero-order valence-corrected chi connectivity index (χ0v) is 11.2. The Balaban J connectivity index is 2.40. The topological polar surface area (TPSA) is 20.2 Å². The molecule has 1 fully saturated rings. The minimum absolute atomic E-state index is 0.675. The van der Waals surface area contributed by atoms with Gasteiger partial charge in [0.15, 0.2) is 0 Å². The zero-order valence-electron chi connectivity index (χ0n) is 11.2. The molecular weight excluding hydrogens is 220 g/mol. The molecule has 1 aliphatic rings. The molecule has 1 aliphatic carbocycles. The molecule has 1 nitrogen and oxygen atoms in total. The van der Waals surface area contributed by atoms with Crippen molar-refractivity contribution in [3.63, 3.8) is 0 Å². The molecule has 0 atom stereocenters. The van der Waals surface area contributed by atoms with Crippen molar-refractivity contribution in [2.24, 2.45) is 0 Å². The summed E-state index contributed by atoms with van der Waals surface area (Å²) in [4.78, 5) is 0. The van der Waals surface area contributed by atoms with Crippen LogP contribution < -0.4 is 0 Å². The molecule has 18 heavy (non-hydrogen) atoms. The van der Waals surface area contributed by atoms with Crippen molar-refractivity contribution in [2.45, 2.75) is 51.0 Å². The second-order valence-corrected chi connectivity index (χ2v) is 5.09. The maximum Gasteiger partial charge on any atom is 0.0973 e. The molecule has 0 spiro atoms. The van der Waals surface area contributed by atoms with E-state index in [1.54, 1.807) is 0 Å². The monoisotopic (exact) mass is 242 g/mol. The van der Waals surface area contributed by atoms with Crippen LogP contribution in [0.1, 0.15) is 51.0 Å². The predicted octanol–water partition coefficient (Wildman–Crippen LogP) is 4.33. The van der Waals surface area contributed by atoms with Crippen LogP contribution in [0.2, 0.25) is 0 Å². The largest absolute Gasteiger partial charge is 0.385 e. The third kappa shape index (κ3) is 2.93. The molecule has 1 saturated carbocycles. The van der Waals surface area contributed by atoms with Crippen LogP contribution in [0.15, 0.2) is 42.1 Å². The second kappa shape index (κ2) is 6.04. The highest BCUT2D eigenvalue weighted by Crippen LogP contribution is 2.38. The van der Waals surface area contributed by atoms with Crippen LogP contribution in [0.4, 0.5) is 0 Å². The summed E-state index contributed by atoms with van der Waals surface area (Å²) in [6.45, 7) is 2.10. The van der Waals surface area contributed by atoms with Gasteiger partial charge in [0, 0.05) is 5.57 Å². The minimum atomic E-state index is -0.675. The molecule has 0 aromatic heterocycles. The van der Waals surface area contributed by atoms with E-state index in [9.17, 15) is 5.11 Å². The van der Waals surface area contributed by atoms with E-state index in [0.717, 1.165) is 43.2 Å². The standard InChI is InChI=1S/C17H22O/c1-2-3-12-16(15-10-6-4-7-11-15)17(18)13-8-5-9-14-17/h3-4,6-7,10-11,18H,2,5,8-9,13-14H2,1H3. The third-order valence-corrected chi connectivity index (χ3v) is 3.66. The lowest BCUT2D eigenvalue weighted by Crippen LogP contribution is -2.32. The maximum absolute atomic E-state index is 10.9. The lowest BCUT2D eigenvalue weighted by Gasteiger charge is -2.33. The Kier molecular flexibility index (Phi) is 4.41. The van der Waals surface area contributed by atoms with Crippen molar-refractivity contribution in [3.05, 3.63) is 47.7 Å². The van der Waals surface area contributed by atoms with Gasteiger partial charge in [-0.15, -0.1) is 5.73 Å². The average molecular weight is 242 g/mol.